The molecule has 23 heavy (non-hydrogen) atoms. The number of anilines is 2. The number of aromatic nitrogens is 1. The second-order valence-electron chi connectivity index (χ2n) is 5.22. The van der Waals surface area contributed by atoms with Gasteiger partial charge in [0.05, 0.1) is 12.1 Å². The lowest BCUT2D eigenvalue weighted by Gasteiger charge is -2.01. The summed E-state index contributed by atoms with van der Waals surface area (Å²) >= 11 is 1.38. The molecule has 2 aromatic carbocycles. The summed E-state index contributed by atoms with van der Waals surface area (Å²) in [6.45, 7) is 2.02. The lowest BCUT2D eigenvalue weighted by molar-refractivity contribution is -0.136. The van der Waals surface area contributed by atoms with Gasteiger partial charge in [0.15, 0.2) is 5.13 Å². The Balaban J connectivity index is 1.96. The Bertz CT molecular complexity index is 811. The minimum Gasteiger partial charge on any atom is -0.481 e. The number of aliphatic carboxylic acids is 1. The topological polar surface area (TPSA) is 62.2 Å². The molecule has 0 amide bonds. The molecule has 0 fully saturated rings. The molecule has 0 bridgehead atoms. The van der Waals surface area contributed by atoms with Crippen LogP contribution in [-0.2, 0) is 11.2 Å². The normalized spacial score (nSPS) is 10.5. The van der Waals surface area contributed by atoms with Gasteiger partial charge in [-0.3, -0.25) is 4.79 Å². The molecule has 0 radical (unpaired) electrons. The lowest BCUT2D eigenvalue weighted by atomic mass is 10.1. The molecule has 116 valence electrons. The number of aryl methyl sites for hydroxylation is 1. The van der Waals surface area contributed by atoms with Gasteiger partial charge < -0.3 is 10.4 Å². The summed E-state index contributed by atoms with van der Waals surface area (Å²) in [5, 5.41) is 13.1. The van der Waals surface area contributed by atoms with Crippen molar-refractivity contribution in [3.63, 3.8) is 0 Å². The van der Waals surface area contributed by atoms with Crippen LogP contribution in [0.5, 0.6) is 0 Å². The third kappa shape index (κ3) is 3.76. The van der Waals surface area contributed by atoms with Gasteiger partial charge in [-0.1, -0.05) is 48.0 Å². The first-order valence-corrected chi connectivity index (χ1v) is 8.04. The zero-order valence-electron chi connectivity index (χ0n) is 12.6. The van der Waals surface area contributed by atoms with Crippen molar-refractivity contribution in [3.05, 3.63) is 65.0 Å². The van der Waals surface area contributed by atoms with Crippen LogP contribution in [0.3, 0.4) is 0 Å². The summed E-state index contributed by atoms with van der Waals surface area (Å²) in [6.07, 6.45) is -0.0304. The molecular weight excluding hydrogens is 308 g/mol. The van der Waals surface area contributed by atoms with Gasteiger partial charge in [0.2, 0.25) is 0 Å². The molecule has 0 aliphatic heterocycles. The number of carboxylic acids is 1. The van der Waals surface area contributed by atoms with Crippen LogP contribution in [0.1, 0.15) is 10.4 Å². The van der Waals surface area contributed by atoms with Gasteiger partial charge in [0.25, 0.3) is 0 Å². The number of rotatable bonds is 5. The molecule has 1 heterocycles. The van der Waals surface area contributed by atoms with E-state index in [1.807, 2.05) is 61.5 Å². The smallest absolute Gasteiger partial charge is 0.308 e. The molecule has 3 aromatic rings. The summed E-state index contributed by atoms with van der Waals surface area (Å²) in [7, 11) is 0. The van der Waals surface area contributed by atoms with Crippen LogP contribution in [0.15, 0.2) is 54.6 Å². The molecular formula is C18H16N2O2S. The lowest BCUT2D eigenvalue weighted by Crippen LogP contribution is -1.99. The molecule has 0 saturated carbocycles. The van der Waals surface area contributed by atoms with E-state index in [-0.39, 0.29) is 6.42 Å². The van der Waals surface area contributed by atoms with E-state index in [1.54, 1.807) is 0 Å². The first kappa shape index (κ1) is 15.2. The third-order valence-corrected chi connectivity index (χ3v) is 4.33. The van der Waals surface area contributed by atoms with E-state index in [0.29, 0.717) is 5.13 Å². The fraction of sp³-hybridized carbons (Fsp3) is 0.111. The molecule has 3 rings (SSSR count). The zero-order valence-corrected chi connectivity index (χ0v) is 13.4. The van der Waals surface area contributed by atoms with Crippen molar-refractivity contribution >= 4 is 28.1 Å². The zero-order chi connectivity index (χ0) is 16.2. The molecule has 0 unspecified atom stereocenters. The molecule has 0 aliphatic rings. The SMILES string of the molecule is Cc1ccc(-c2nc(Nc3ccccc3)sc2CC(=O)O)cc1. The summed E-state index contributed by atoms with van der Waals surface area (Å²) in [5.41, 5.74) is 3.75. The first-order chi connectivity index (χ1) is 11.1. The molecule has 0 spiro atoms. The Hall–Kier alpha value is -2.66. The highest BCUT2D eigenvalue weighted by Gasteiger charge is 2.16. The quantitative estimate of drug-likeness (QED) is 0.726. The second kappa shape index (κ2) is 6.62. The van der Waals surface area contributed by atoms with Crippen LogP contribution in [0, 0.1) is 6.92 Å². The van der Waals surface area contributed by atoms with Crippen molar-refractivity contribution in [2.75, 3.05) is 5.32 Å². The highest BCUT2D eigenvalue weighted by molar-refractivity contribution is 7.16. The van der Waals surface area contributed by atoms with E-state index >= 15 is 0 Å². The van der Waals surface area contributed by atoms with Gasteiger partial charge in [-0.2, -0.15) is 0 Å². The number of nitrogens with zero attached hydrogens (tertiary/aromatic N) is 1. The standard InChI is InChI=1S/C18H16N2O2S/c1-12-7-9-13(10-8-12)17-15(11-16(21)22)23-18(20-17)19-14-5-3-2-4-6-14/h2-10H,11H2,1H3,(H,19,20)(H,21,22). The van der Waals surface area contributed by atoms with Crippen LogP contribution in [-0.4, -0.2) is 16.1 Å². The highest BCUT2D eigenvalue weighted by atomic mass is 32.1. The molecule has 2 N–H and O–H groups in total. The molecule has 1 aromatic heterocycles. The third-order valence-electron chi connectivity index (χ3n) is 3.36. The van der Waals surface area contributed by atoms with Gasteiger partial charge in [0.1, 0.15) is 0 Å². The van der Waals surface area contributed by atoms with Crippen LogP contribution >= 0.6 is 11.3 Å². The van der Waals surface area contributed by atoms with Crippen molar-refractivity contribution in [2.24, 2.45) is 0 Å². The fourth-order valence-corrected chi connectivity index (χ4v) is 3.24. The first-order valence-electron chi connectivity index (χ1n) is 7.22. The number of carbonyl (C=O) groups is 1. The van der Waals surface area contributed by atoms with Gasteiger partial charge in [-0.05, 0) is 19.1 Å². The molecule has 5 heteroatoms. The van der Waals surface area contributed by atoms with Crippen molar-refractivity contribution in [1.82, 2.24) is 4.98 Å². The average molecular weight is 324 g/mol. The summed E-state index contributed by atoms with van der Waals surface area (Å²) in [6, 6.07) is 17.7. The van der Waals surface area contributed by atoms with Crippen molar-refractivity contribution in [3.8, 4) is 11.3 Å². The number of carboxylic acid groups (broad SMARTS) is 1. The Labute approximate surface area is 138 Å². The van der Waals surface area contributed by atoms with Crippen molar-refractivity contribution in [2.45, 2.75) is 13.3 Å². The van der Waals surface area contributed by atoms with Crippen molar-refractivity contribution < 1.29 is 9.90 Å². The minimum absolute atomic E-state index is 0.0304. The average Bonchev–Trinajstić information content (AvgIpc) is 2.90. The van der Waals surface area contributed by atoms with Gasteiger partial charge >= 0.3 is 5.97 Å². The van der Waals surface area contributed by atoms with E-state index in [9.17, 15) is 4.79 Å². The number of nitrogens with one attached hydrogen (secondary N) is 1. The molecule has 0 atom stereocenters. The van der Waals surface area contributed by atoms with Crippen LogP contribution in [0.4, 0.5) is 10.8 Å². The van der Waals surface area contributed by atoms with Gasteiger partial charge in [-0.15, -0.1) is 11.3 Å². The number of hydrogen-bond donors (Lipinski definition) is 2. The molecule has 4 nitrogen and oxygen atoms in total. The number of thiazole rings is 1. The van der Waals surface area contributed by atoms with E-state index in [1.165, 1.54) is 11.3 Å². The van der Waals surface area contributed by atoms with Crippen molar-refractivity contribution in [1.29, 1.82) is 0 Å². The maximum atomic E-state index is 11.1. The number of hydrogen-bond acceptors (Lipinski definition) is 4. The summed E-state index contributed by atoms with van der Waals surface area (Å²) in [5.74, 6) is -0.853. The fourth-order valence-electron chi connectivity index (χ4n) is 2.24. The highest BCUT2D eigenvalue weighted by Crippen LogP contribution is 2.33. The summed E-state index contributed by atoms with van der Waals surface area (Å²) < 4.78 is 0. The monoisotopic (exact) mass is 324 g/mol. The Kier molecular flexibility index (Phi) is 4.39. The predicted molar refractivity (Wildman–Crippen MR) is 93.4 cm³/mol. The summed E-state index contributed by atoms with van der Waals surface area (Å²) in [4.78, 5) is 16.5. The van der Waals surface area contributed by atoms with Crippen LogP contribution in [0.25, 0.3) is 11.3 Å². The number of para-hydroxylation sites is 1. The van der Waals surface area contributed by atoms with E-state index in [2.05, 4.69) is 10.3 Å². The Morgan fingerprint density at radius 1 is 1.13 bits per heavy atom. The predicted octanol–water partition coefficient (Wildman–Crippen LogP) is 4.49. The maximum Gasteiger partial charge on any atom is 0.308 e. The Morgan fingerprint density at radius 3 is 2.48 bits per heavy atom. The maximum absolute atomic E-state index is 11.1. The second-order valence-corrected chi connectivity index (χ2v) is 6.30. The van der Waals surface area contributed by atoms with E-state index in [0.717, 1.165) is 27.4 Å². The Morgan fingerprint density at radius 2 is 1.83 bits per heavy atom. The van der Waals surface area contributed by atoms with E-state index < -0.39 is 5.97 Å². The van der Waals surface area contributed by atoms with E-state index in [4.69, 9.17) is 5.11 Å². The molecule has 0 saturated heterocycles. The van der Waals surface area contributed by atoms with Crippen LogP contribution in [0.2, 0.25) is 0 Å². The minimum atomic E-state index is -0.853. The van der Waals surface area contributed by atoms with Crippen LogP contribution < -0.4 is 5.32 Å². The molecule has 0 aliphatic carbocycles. The van der Waals surface area contributed by atoms with Gasteiger partial charge in [0, 0.05) is 16.1 Å². The van der Waals surface area contributed by atoms with Gasteiger partial charge in [-0.25, -0.2) is 4.98 Å². The number of benzene rings is 2. The largest absolute Gasteiger partial charge is 0.481 e.